The van der Waals surface area contributed by atoms with Gasteiger partial charge >= 0.3 is 0 Å². The molecule has 2 N–H and O–H groups in total. The highest BCUT2D eigenvalue weighted by Gasteiger charge is 2.03. The van der Waals surface area contributed by atoms with Crippen molar-refractivity contribution in [1.82, 2.24) is 0 Å². The summed E-state index contributed by atoms with van der Waals surface area (Å²) in [6.45, 7) is 0.656. The zero-order valence-corrected chi connectivity index (χ0v) is 8.23. The molecule has 0 bridgehead atoms. The van der Waals surface area contributed by atoms with Gasteiger partial charge < -0.3 is 10.5 Å². The van der Waals surface area contributed by atoms with Crippen LogP contribution in [0.15, 0.2) is 23.6 Å². The van der Waals surface area contributed by atoms with Crippen LogP contribution in [-0.2, 0) is 11.3 Å². The molecule has 0 atom stereocenters. The van der Waals surface area contributed by atoms with Crippen LogP contribution in [0.3, 0.4) is 0 Å². The lowest BCUT2D eigenvalue weighted by molar-refractivity contribution is 0.186. The fourth-order valence-corrected chi connectivity index (χ4v) is 2.29. The number of ether oxygens (including phenoxy) is 1. The molecule has 0 unspecified atom stereocenters. The zero-order valence-electron chi connectivity index (χ0n) is 7.41. The van der Waals surface area contributed by atoms with Crippen molar-refractivity contribution in [2.24, 2.45) is 0 Å². The molecule has 3 heteroatoms. The van der Waals surface area contributed by atoms with Crippen LogP contribution in [0, 0.1) is 0 Å². The van der Waals surface area contributed by atoms with Gasteiger partial charge in [-0.15, -0.1) is 11.3 Å². The minimum absolute atomic E-state index is 0.656. The largest absolute Gasteiger partial charge is 0.399 e. The van der Waals surface area contributed by atoms with E-state index in [0.717, 1.165) is 5.69 Å². The SMILES string of the molecule is COCc1csc2ccc(N)cc12. The van der Waals surface area contributed by atoms with Crippen LogP contribution >= 0.6 is 11.3 Å². The van der Waals surface area contributed by atoms with E-state index in [-0.39, 0.29) is 0 Å². The van der Waals surface area contributed by atoms with Crippen LogP contribution in [0.4, 0.5) is 5.69 Å². The van der Waals surface area contributed by atoms with Gasteiger partial charge in [-0.1, -0.05) is 0 Å². The maximum atomic E-state index is 5.71. The number of nitrogen functional groups attached to an aromatic ring is 1. The van der Waals surface area contributed by atoms with E-state index in [4.69, 9.17) is 10.5 Å². The summed E-state index contributed by atoms with van der Waals surface area (Å²) >= 11 is 1.73. The van der Waals surface area contributed by atoms with Crippen molar-refractivity contribution in [3.05, 3.63) is 29.1 Å². The number of nitrogens with two attached hydrogens (primary N) is 1. The molecule has 0 saturated heterocycles. The molecular formula is C10H11NOS. The quantitative estimate of drug-likeness (QED) is 0.744. The van der Waals surface area contributed by atoms with Gasteiger partial charge in [-0.3, -0.25) is 0 Å². The molecule has 13 heavy (non-hydrogen) atoms. The second-order valence-corrected chi connectivity index (χ2v) is 3.86. The predicted molar refractivity (Wildman–Crippen MR) is 57.0 cm³/mol. The third-order valence-electron chi connectivity index (χ3n) is 1.98. The van der Waals surface area contributed by atoms with Gasteiger partial charge in [0.1, 0.15) is 0 Å². The van der Waals surface area contributed by atoms with Gasteiger partial charge in [0.15, 0.2) is 0 Å². The summed E-state index contributed by atoms with van der Waals surface area (Å²) in [6.07, 6.45) is 0. The fourth-order valence-electron chi connectivity index (χ4n) is 1.37. The summed E-state index contributed by atoms with van der Waals surface area (Å²) in [4.78, 5) is 0. The summed E-state index contributed by atoms with van der Waals surface area (Å²) in [6, 6.07) is 5.98. The Balaban J connectivity index is 2.58. The Hall–Kier alpha value is -1.06. The third kappa shape index (κ3) is 1.53. The average Bonchev–Trinajstić information content (AvgIpc) is 2.49. The van der Waals surface area contributed by atoms with Crippen LogP contribution in [0.1, 0.15) is 5.56 Å². The van der Waals surface area contributed by atoms with Crippen LogP contribution < -0.4 is 5.73 Å². The minimum Gasteiger partial charge on any atom is -0.399 e. The van der Waals surface area contributed by atoms with Crippen LogP contribution in [0.2, 0.25) is 0 Å². The predicted octanol–water partition coefficient (Wildman–Crippen LogP) is 2.63. The first kappa shape index (κ1) is 8.53. The highest BCUT2D eigenvalue weighted by molar-refractivity contribution is 7.17. The van der Waals surface area contributed by atoms with Gasteiger partial charge in [0.2, 0.25) is 0 Å². The van der Waals surface area contributed by atoms with Crippen molar-refractivity contribution in [1.29, 1.82) is 0 Å². The Morgan fingerprint density at radius 3 is 3.08 bits per heavy atom. The lowest BCUT2D eigenvalue weighted by Gasteiger charge is -1.97. The summed E-state index contributed by atoms with van der Waals surface area (Å²) in [5.74, 6) is 0. The molecule has 0 saturated carbocycles. The van der Waals surface area contributed by atoms with Gasteiger partial charge in [0.25, 0.3) is 0 Å². The molecule has 1 aromatic heterocycles. The Kier molecular flexibility index (Phi) is 2.20. The number of hydrogen-bond acceptors (Lipinski definition) is 3. The molecule has 2 rings (SSSR count). The van der Waals surface area contributed by atoms with Crippen molar-refractivity contribution in [2.45, 2.75) is 6.61 Å². The van der Waals surface area contributed by atoms with E-state index < -0.39 is 0 Å². The molecule has 0 amide bonds. The molecule has 0 radical (unpaired) electrons. The van der Waals surface area contributed by atoms with Gasteiger partial charge in [-0.2, -0.15) is 0 Å². The lowest BCUT2D eigenvalue weighted by atomic mass is 10.2. The Bertz CT molecular complexity index is 422. The van der Waals surface area contributed by atoms with Crippen molar-refractivity contribution in [3.63, 3.8) is 0 Å². The minimum atomic E-state index is 0.656. The van der Waals surface area contributed by atoms with Gasteiger partial charge in [-0.25, -0.2) is 0 Å². The monoisotopic (exact) mass is 193 g/mol. The number of fused-ring (bicyclic) bond motifs is 1. The normalized spacial score (nSPS) is 10.8. The molecule has 2 nitrogen and oxygen atoms in total. The average molecular weight is 193 g/mol. The lowest BCUT2D eigenvalue weighted by Crippen LogP contribution is -1.86. The molecule has 2 aromatic rings. The van der Waals surface area contributed by atoms with Crippen molar-refractivity contribution < 1.29 is 4.74 Å². The van der Waals surface area contributed by atoms with E-state index >= 15 is 0 Å². The Morgan fingerprint density at radius 2 is 2.31 bits per heavy atom. The van der Waals surface area contributed by atoms with Crippen LogP contribution in [-0.4, -0.2) is 7.11 Å². The molecule has 1 aromatic carbocycles. The van der Waals surface area contributed by atoms with Crippen molar-refractivity contribution >= 4 is 27.1 Å². The van der Waals surface area contributed by atoms with Gasteiger partial charge in [-0.05, 0) is 34.5 Å². The summed E-state index contributed by atoms with van der Waals surface area (Å²) in [5, 5.41) is 3.33. The number of anilines is 1. The first-order valence-electron chi connectivity index (χ1n) is 4.06. The molecule has 0 aliphatic carbocycles. The number of rotatable bonds is 2. The van der Waals surface area contributed by atoms with Crippen molar-refractivity contribution in [3.8, 4) is 0 Å². The summed E-state index contributed by atoms with van der Waals surface area (Å²) < 4.78 is 6.37. The number of methoxy groups -OCH3 is 1. The van der Waals surface area contributed by atoms with Crippen LogP contribution in [0.25, 0.3) is 10.1 Å². The standard InChI is InChI=1S/C10H11NOS/c1-12-5-7-6-13-10-3-2-8(11)4-9(7)10/h2-4,6H,5,11H2,1H3. The maximum absolute atomic E-state index is 5.71. The first-order chi connectivity index (χ1) is 6.31. The van der Waals surface area contributed by atoms with E-state index in [2.05, 4.69) is 11.4 Å². The summed E-state index contributed by atoms with van der Waals surface area (Å²) in [7, 11) is 1.70. The molecule has 0 aliphatic rings. The van der Waals surface area contributed by atoms with Gasteiger partial charge in [0.05, 0.1) is 6.61 Å². The zero-order chi connectivity index (χ0) is 9.26. The van der Waals surface area contributed by atoms with E-state index in [1.165, 1.54) is 15.6 Å². The summed E-state index contributed by atoms with van der Waals surface area (Å²) in [5.41, 5.74) is 7.74. The molecular weight excluding hydrogens is 182 g/mol. The van der Waals surface area contributed by atoms with E-state index in [0.29, 0.717) is 6.61 Å². The van der Waals surface area contributed by atoms with E-state index in [1.807, 2.05) is 12.1 Å². The molecule has 0 spiro atoms. The van der Waals surface area contributed by atoms with E-state index in [1.54, 1.807) is 18.4 Å². The fraction of sp³-hybridized carbons (Fsp3) is 0.200. The third-order valence-corrected chi connectivity index (χ3v) is 2.99. The topological polar surface area (TPSA) is 35.2 Å². The Labute approximate surface area is 80.9 Å². The second-order valence-electron chi connectivity index (χ2n) is 2.95. The molecule has 0 fully saturated rings. The number of benzene rings is 1. The molecule has 1 heterocycles. The molecule has 68 valence electrons. The highest BCUT2D eigenvalue weighted by atomic mass is 32.1. The van der Waals surface area contributed by atoms with Crippen LogP contribution in [0.5, 0.6) is 0 Å². The Morgan fingerprint density at radius 1 is 1.46 bits per heavy atom. The molecule has 0 aliphatic heterocycles. The van der Waals surface area contributed by atoms with Gasteiger partial charge in [0, 0.05) is 17.5 Å². The maximum Gasteiger partial charge on any atom is 0.0727 e. The number of hydrogen-bond donors (Lipinski definition) is 1. The van der Waals surface area contributed by atoms with Crippen molar-refractivity contribution in [2.75, 3.05) is 12.8 Å². The second kappa shape index (κ2) is 3.36. The highest BCUT2D eigenvalue weighted by Crippen LogP contribution is 2.28. The van der Waals surface area contributed by atoms with E-state index in [9.17, 15) is 0 Å². The first-order valence-corrected chi connectivity index (χ1v) is 4.94. The number of thiophene rings is 1. The smallest absolute Gasteiger partial charge is 0.0727 e.